The number of aliphatic hydroxyl groups is 4. The Morgan fingerprint density at radius 1 is 0.978 bits per heavy atom. The number of carbonyl (C=O) groups excluding carboxylic acids is 1. The molecule has 2 heterocycles. The molecule has 1 amide bonds. The third kappa shape index (κ3) is 6.68. The summed E-state index contributed by atoms with van der Waals surface area (Å²) < 4.78 is 42.2. The average Bonchev–Trinajstić information content (AvgIpc) is 3.79. The second kappa shape index (κ2) is 13.5. The number of oxime groups is 1. The Morgan fingerprint density at radius 2 is 1.74 bits per heavy atom. The molecular weight excluding hydrogens is 607 g/mol. The van der Waals surface area contributed by atoms with Crippen LogP contribution in [0.3, 0.4) is 0 Å². The zero-order valence-corrected chi connectivity index (χ0v) is 25.2. The lowest BCUT2D eigenvalue weighted by Crippen LogP contribution is -2.67. The van der Waals surface area contributed by atoms with E-state index in [9.17, 15) is 25.2 Å². The Kier molecular flexibility index (Phi) is 9.45. The molecule has 2 aromatic carbocycles. The molecule has 4 aliphatic rings. The molecule has 14 heteroatoms. The molecule has 6 rings (SSSR count). The first-order chi connectivity index (χ1) is 22.1. The SMILES string of the molecule is C/C(=C\c1ccc(O[C@H]2C[C@@H](O)[C@@H](/C(C)=N/OCc3ccc4c(c3)OCO4)C2)c(F)c1)C(=O)N[C@@H]1[C@H](O)[C@@H](O)[C@H]2OCO[C@H]2[C@@H]1O. The largest absolute Gasteiger partial charge is 0.487 e. The van der Waals surface area contributed by atoms with Crippen molar-refractivity contribution in [2.75, 3.05) is 13.6 Å². The number of carbonyl (C=O) groups is 1. The van der Waals surface area contributed by atoms with Crippen LogP contribution in [-0.2, 0) is 25.7 Å². The highest BCUT2D eigenvalue weighted by Gasteiger charge is 2.53. The van der Waals surface area contributed by atoms with Crippen LogP contribution in [0.2, 0.25) is 0 Å². The van der Waals surface area contributed by atoms with Gasteiger partial charge in [-0.1, -0.05) is 17.3 Å². The highest BCUT2D eigenvalue weighted by Crippen LogP contribution is 2.34. The van der Waals surface area contributed by atoms with Crippen LogP contribution >= 0.6 is 0 Å². The molecule has 2 aromatic rings. The van der Waals surface area contributed by atoms with Crippen molar-refractivity contribution in [1.29, 1.82) is 0 Å². The van der Waals surface area contributed by atoms with Crippen molar-refractivity contribution >= 4 is 17.7 Å². The van der Waals surface area contributed by atoms with Crippen LogP contribution in [0.5, 0.6) is 17.2 Å². The maximum Gasteiger partial charge on any atom is 0.247 e. The summed E-state index contributed by atoms with van der Waals surface area (Å²) in [6, 6.07) is 8.52. The summed E-state index contributed by atoms with van der Waals surface area (Å²) >= 11 is 0. The topological polar surface area (TPSA) is 178 Å². The lowest BCUT2D eigenvalue weighted by molar-refractivity contribution is -0.155. The molecule has 46 heavy (non-hydrogen) atoms. The second-order valence-corrected chi connectivity index (χ2v) is 11.9. The molecule has 2 aliphatic carbocycles. The number of aliphatic hydroxyl groups excluding tert-OH is 4. The maximum absolute atomic E-state index is 15.1. The Balaban J connectivity index is 1.02. The molecule has 13 nitrogen and oxygen atoms in total. The van der Waals surface area contributed by atoms with Gasteiger partial charge in [-0.25, -0.2) is 4.39 Å². The number of halogens is 1. The van der Waals surface area contributed by atoms with Crippen molar-refractivity contribution in [1.82, 2.24) is 5.32 Å². The molecule has 1 saturated heterocycles. The Morgan fingerprint density at radius 3 is 2.52 bits per heavy atom. The number of nitrogens with zero attached hydrogens (tertiary/aromatic N) is 1. The van der Waals surface area contributed by atoms with Gasteiger partial charge < -0.3 is 54.3 Å². The fourth-order valence-corrected chi connectivity index (χ4v) is 6.24. The van der Waals surface area contributed by atoms with Crippen LogP contribution in [-0.4, -0.2) is 94.4 Å². The summed E-state index contributed by atoms with van der Waals surface area (Å²) in [6.45, 7) is 3.51. The van der Waals surface area contributed by atoms with E-state index < -0.39 is 60.5 Å². The van der Waals surface area contributed by atoms with Gasteiger partial charge in [0.1, 0.15) is 50.0 Å². The standard InChI is InChI=1S/C32H37FN2O11/c1-15(32(40)34-26-27(37)29(39)31-30(28(26)38)43-14-44-31)7-17-3-5-23(21(33)8-17)46-19-10-20(22(36)11-19)16(2)35-45-12-18-4-6-24-25(9-18)42-13-41-24/h3-9,19-20,22,26-31,36-39H,10-14H2,1-2H3,(H,34,40)/b15-7+,35-16+/t19-,20-,22-,26-,27+,28-,29-,30+,31-/m1/s1. The number of amides is 1. The predicted molar refractivity (Wildman–Crippen MR) is 158 cm³/mol. The lowest BCUT2D eigenvalue weighted by atomic mass is 9.83. The number of fused-ring (bicyclic) bond motifs is 2. The number of benzene rings is 2. The maximum atomic E-state index is 15.1. The van der Waals surface area contributed by atoms with Crippen LogP contribution in [0.4, 0.5) is 4.39 Å². The van der Waals surface area contributed by atoms with Crippen LogP contribution in [0.1, 0.15) is 37.8 Å². The minimum atomic E-state index is -1.49. The second-order valence-electron chi connectivity index (χ2n) is 11.9. The molecule has 0 spiro atoms. The molecule has 3 fully saturated rings. The monoisotopic (exact) mass is 644 g/mol. The van der Waals surface area contributed by atoms with Gasteiger partial charge in [0.15, 0.2) is 23.1 Å². The van der Waals surface area contributed by atoms with Gasteiger partial charge in [-0.15, -0.1) is 0 Å². The fraction of sp³-hybridized carbons (Fsp3) is 0.500. The molecular formula is C32H37FN2O11. The van der Waals surface area contributed by atoms with Gasteiger partial charge in [0.05, 0.1) is 17.9 Å². The average molecular weight is 645 g/mol. The van der Waals surface area contributed by atoms with Crippen LogP contribution in [0, 0.1) is 11.7 Å². The van der Waals surface area contributed by atoms with E-state index in [0.29, 0.717) is 29.2 Å². The Labute approximate surface area is 264 Å². The number of ether oxygens (including phenoxy) is 5. The Bertz CT molecular complexity index is 1500. The third-order valence-electron chi connectivity index (χ3n) is 8.79. The third-order valence-corrected chi connectivity index (χ3v) is 8.79. The molecule has 0 radical (unpaired) electrons. The summed E-state index contributed by atoms with van der Waals surface area (Å²) in [5.41, 5.74) is 2.00. The number of hydrogen-bond donors (Lipinski definition) is 5. The number of rotatable bonds is 9. The van der Waals surface area contributed by atoms with E-state index in [-0.39, 0.29) is 43.9 Å². The van der Waals surface area contributed by atoms with Crippen molar-refractivity contribution in [3.8, 4) is 17.2 Å². The van der Waals surface area contributed by atoms with E-state index in [1.807, 2.05) is 12.1 Å². The first-order valence-electron chi connectivity index (χ1n) is 15.0. The zero-order chi connectivity index (χ0) is 32.5. The van der Waals surface area contributed by atoms with Gasteiger partial charge in [0.2, 0.25) is 12.7 Å². The van der Waals surface area contributed by atoms with Gasteiger partial charge in [-0.2, -0.15) is 0 Å². The highest BCUT2D eigenvalue weighted by molar-refractivity contribution is 5.97. The van der Waals surface area contributed by atoms with Crippen molar-refractivity contribution < 1.29 is 58.1 Å². The summed E-state index contributed by atoms with van der Waals surface area (Å²) in [5.74, 6) is -0.274. The lowest BCUT2D eigenvalue weighted by Gasteiger charge is -2.41. The van der Waals surface area contributed by atoms with Crippen molar-refractivity contribution in [3.05, 3.63) is 58.9 Å². The van der Waals surface area contributed by atoms with Crippen LogP contribution < -0.4 is 19.5 Å². The van der Waals surface area contributed by atoms with E-state index in [4.69, 9.17) is 28.5 Å². The molecule has 0 bridgehead atoms. The molecule has 0 aromatic heterocycles. The number of hydrogen-bond acceptors (Lipinski definition) is 12. The summed E-state index contributed by atoms with van der Waals surface area (Å²) in [6.07, 6.45) is -5.02. The summed E-state index contributed by atoms with van der Waals surface area (Å²) in [5, 5.41) is 48.7. The van der Waals surface area contributed by atoms with Crippen molar-refractivity contribution in [3.63, 3.8) is 0 Å². The Hall–Kier alpha value is -3.79. The first-order valence-corrected chi connectivity index (χ1v) is 15.0. The molecule has 2 aliphatic heterocycles. The van der Waals surface area contributed by atoms with E-state index in [1.165, 1.54) is 25.1 Å². The summed E-state index contributed by atoms with van der Waals surface area (Å²) in [4.78, 5) is 18.4. The minimum absolute atomic E-state index is 0.00142. The van der Waals surface area contributed by atoms with Crippen molar-refractivity contribution in [2.45, 2.75) is 82.1 Å². The smallest absolute Gasteiger partial charge is 0.247 e. The molecule has 0 unspecified atom stereocenters. The molecule has 5 N–H and O–H groups in total. The molecule has 9 atom stereocenters. The highest BCUT2D eigenvalue weighted by atomic mass is 19.1. The van der Waals surface area contributed by atoms with Gasteiger partial charge in [-0.3, -0.25) is 4.79 Å². The molecule has 2 saturated carbocycles. The van der Waals surface area contributed by atoms with Gasteiger partial charge in [0, 0.05) is 17.9 Å². The zero-order valence-electron chi connectivity index (χ0n) is 25.2. The minimum Gasteiger partial charge on any atom is -0.487 e. The quantitative estimate of drug-likeness (QED) is 0.151. The van der Waals surface area contributed by atoms with Gasteiger partial charge in [0.25, 0.3) is 0 Å². The normalized spacial score (nSPS) is 32.3. The van der Waals surface area contributed by atoms with E-state index >= 15 is 4.39 Å². The molecule has 248 valence electrons. The van der Waals surface area contributed by atoms with Gasteiger partial charge in [-0.05, 0) is 61.7 Å². The fourth-order valence-electron chi connectivity index (χ4n) is 6.24. The van der Waals surface area contributed by atoms with E-state index in [2.05, 4.69) is 10.5 Å². The van der Waals surface area contributed by atoms with E-state index in [1.54, 1.807) is 19.1 Å². The first kappa shape index (κ1) is 32.2. The van der Waals surface area contributed by atoms with Crippen molar-refractivity contribution in [2.24, 2.45) is 11.1 Å². The predicted octanol–water partition coefficient (Wildman–Crippen LogP) is 1.39. The van der Waals surface area contributed by atoms with Crippen LogP contribution in [0.25, 0.3) is 6.08 Å². The van der Waals surface area contributed by atoms with Crippen LogP contribution in [0.15, 0.2) is 47.1 Å². The van der Waals surface area contributed by atoms with Gasteiger partial charge >= 0.3 is 0 Å². The number of nitrogens with one attached hydrogen (secondary N) is 1. The van der Waals surface area contributed by atoms with E-state index in [0.717, 1.165) is 5.56 Å². The summed E-state index contributed by atoms with van der Waals surface area (Å²) in [7, 11) is 0.